The van der Waals surface area contributed by atoms with E-state index in [1.165, 1.54) is 24.1 Å². The second-order valence-corrected chi connectivity index (χ2v) is 4.89. The predicted molar refractivity (Wildman–Crippen MR) is 72.5 cm³/mol. The fraction of sp³-hybridized carbons (Fsp3) is 0.643. The molecule has 0 spiro atoms. The highest BCUT2D eigenvalue weighted by Gasteiger charge is 2.26. The maximum atomic E-state index is 4.19. The minimum Gasteiger partial charge on any atom is -0.365 e. The Morgan fingerprint density at radius 1 is 1.41 bits per heavy atom. The number of anilines is 1. The number of rotatable bonds is 3. The van der Waals surface area contributed by atoms with Gasteiger partial charge in [0.05, 0.1) is 0 Å². The molecule has 1 aromatic heterocycles. The summed E-state index contributed by atoms with van der Waals surface area (Å²) >= 11 is 0. The summed E-state index contributed by atoms with van der Waals surface area (Å²) < 4.78 is 0. The fourth-order valence-corrected chi connectivity index (χ4v) is 2.59. The van der Waals surface area contributed by atoms with Crippen molar-refractivity contribution in [1.82, 2.24) is 10.3 Å². The summed E-state index contributed by atoms with van der Waals surface area (Å²) in [4.78, 5) is 6.74. The van der Waals surface area contributed by atoms with Crippen molar-refractivity contribution in [1.29, 1.82) is 0 Å². The summed E-state index contributed by atoms with van der Waals surface area (Å²) in [5, 5.41) is 3.63. The molecule has 0 radical (unpaired) electrons. The second-order valence-electron chi connectivity index (χ2n) is 4.89. The Morgan fingerprint density at radius 2 is 2.24 bits per heavy atom. The monoisotopic (exact) mass is 233 g/mol. The first kappa shape index (κ1) is 12.4. The number of aromatic nitrogens is 1. The zero-order valence-electron chi connectivity index (χ0n) is 11.1. The number of pyridine rings is 1. The number of nitrogens with one attached hydrogen (secondary N) is 1. The van der Waals surface area contributed by atoms with Crippen LogP contribution in [0.2, 0.25) is 0 Å². The Morgan fingerprint density at radius 3 is 2.88 bits per heavy atom. The van der Waals surface area contributed by atoms with Crippen LogP contribution in [0.25, 0.3) is 0 Å². The van der Waals surface area contributed by atoms with Gasteiger partial charge in [0.2, 0.25) is 0 Å². The molecule has 1 aliphatic heterocycles. The smallest absolute Gasteiger partial charge is 0.0430 e. The Hall–Kier alpha value is -1.09. The zero-order chi connectivity index (χ0) is 12.3. The third-order valence-corrected chi connectivity index (χ3v) is 3.76. The zero-order valence-corrected chi connectivity index (χ0v) is 11.1. The van der Waals surface area contributed by atoms with Crippen molar-refractivity contribution >= 4 is 5.69 Å². The summed E-state index contributed by atoms with van der Waals surface area (Å²) in [6.07, 6.45) is 6.24. The first-order valence-electron chi connectivity index (χ1n) is 6.66. The van der Waals surface area contributed by atoms with Crippen LogP contribution in [0.3, 0.4) is 0 Å². The lowest BCUT2D eigenvalue weighted by Gasteiger charge is -2.42. The maximum Gasteiger partial charge on any atom is 0.0430 e. The van der Waals surface area contributed by atoms with Crippen LogP contribution >= 0.6 is 0 Å². The molecule has 1 fully saturated rings. The van der Waals surface area contributed by atoms with E-state index >= 15 is 0 Å². The highest BCUT2D eigenvalue weighted by molar-refractivity contribution is 5.53. The maximum absolute atomic E-state index is 4.19. The van der Waals surface area contributed by atoms with Crippen LogP contribution in [-0.4, -0.2) is 30.2 Å². The van der Waals surface area contributed by atoms with E-state index in [-0.39, 0.29) is 0 Å². The van der Waals surface area contributed by atoms with Crippen LogP contribution in [-0.2, 0) is 0 Å². The lowest BCUT2D eigenvalue weighted by molar-refractivity contribution is 0.378. The van der Waals surface area contributed by atoms with Crippen molar-refractivity contribution in [3.63, 3.8) is 0 Å². The largest absolute Gasteiger partial charge is 0.365 e. The highest BCUT2D eigenvalue weighted by Crippen LogP contribution is 2.24. The summed E-state index contributed by atoms with van der Waals surface area (Å²) in [5.41, 5.74) is 2.63. The molecule has 0 aromatic carbocycles. The van der Waals surface area contributed by atoms with Crippen molar-refractivity contribution in [2.75, 3.05) is 18.0 Å². The average molecular weight is 233 g/mol. The third-order valence-electron chi connectivity index (χ3n) is 3.76. The van der Waals surface area contributed by atoms with Gasteiger partial charge < -0.3 is 10.2 Å². The fourth-order valence-electron chi connectivity index (χ4n) is 2.59. The third kappa shape index (κ3) is 2.60. The molecule has 3 nitrogen and oxygen atoms in total. The van der Waals surface area contributed by atoms with E-state index in [9.17, 15) is 0 Å². The molecule has 1 saturated heterocycles. The lowest BCUT2D eigenvalue weighted by atomic mass is 10.0. The van der Waals surface area contributed by atoms with Crippen LogP contribution < -0.4 is 10.2 Å². The Balaban J connectivity index is 2.23. The van der Waals surface area contributed by atoms with Crippen LogP contribution in [0.5, 0.6) is 0 Å². The molecule has 1 aromatic rings. The predicted octanol–water partition coefficient (Wildman–Crippen LogP) is 2.36. The molecule has 0 aliphatic carbocycles. The Kier molecular flexibility index (Phi) is 4.00. The van der Waals surface area contributed by atoms with Gasteiger partial charge in [0.1, 0.15) is 0 Å². The molecule has 2 unspecified atom stereocenters. The Labute approximate surface area is 104 Å². The van der Waals surface area contributed by atoms with Crippen LogP contribution in [0, 0.1) is 6.92 Å². The molecule has 17 heavy (non-hydrogen) atoms. The minimum absolute atomic E-state index is 0.610. The molecule has 94 valence electrons. The number of piperazine rings is 1. The highest BCUT2D eigenvalue weighted by atomic mass is 15.2. The molecule has 1 N–H and O–H groups in total. The molecule has 2 atom stereocenters. The van der Waals surface area contributed by atoms with E-state index in [0.717, 1.165) is 13.1 Å². The topological polar surface area (TPSA) is 28.2 Å². The molecule has 1 aliphatic rings. The summed E-state index contributed by atoms with van der Waals surface area (Å²) in [6, 6.07) is 3.38. The van der Waals surface area contributed by atoms with E-state index in [4.69, 9.17) is 0 Å². The van der Waals surface area contributed by atoms with Crippen molar-refractivity contribution in [2.24, 2.45) is 0 Å². The van der Waals surface area contributed by atoms with Gasteiger partial charge in [0.15, 0.2) is 0 Å². The number of nitrogens with zero attached hydrogens (tertiary/aromatic N) is 2. The van der Waals surface area contributed by atoms with Crippen LogP contribution in [0.1, 0.15) is 32.3 Å². The van der Waals surface area contributed by atoms with Crippen molar-refractivity contribution < 1.29 is 0 Å². The SMILES string of the molecule is CCC1CN(c2ccncc2C)C(CC)CN1. The average Bonchev–Trinajstić information content (AvgIpc) is 2.38. The number of hydrogen-bond acceptors (Lipinski definition) is 3. The van der Waals surface area contributed by atoms with Crippen molar-refractivity contribution in [3.05, 3.63) is 24.0 Å². The molecule has 0 amide bonds. The van der Waals surface area contributed by atoms with Gasteiger partial charge in [-0.15, -0.1) is 0 Å². The molecule has 2 heterocycles. The second kappa shape index (κ2) is 5.50. The Bertz CT molecular complexity index is 364. The van der Waals surface area contributed by atoms with Gasteiger partial charge in [-0.2, -0.15) is 0 Å². The summed E-state index contributed by atoms with van der Waals surface area (Å²) in [5.74, 6) is 0. The summed E-state index contributed by atoms with van der Waals surface area (Å²) in [7, 11) is 0. The van der Waals surface area contributed by atoms with E-state index in [1.807, 2.05) is 12.4 Å². The summed E-state index contributed by atoms with van der Waals surface area (Å²) in [6.45, 7) is 8.87. The van der Waals surface area contributed by atoms with E-state index in [2.05, 4.69) is 42.0 Å². The molecule has 2 rings (SSSR count). The van der Waals surface area contributed by atoms with Gasteiger partial charge >= 0.3 is 0 Å². The first-order chi connectivity index (χ1) is 8.26. The normalized spacial score (nSPS) is 25.0. The molecular formula is C14H23N3. The van der Waals surface area contributed by atoms with Gasteiger partial charge in [-0.3, -0.25) is 4.98 Å². The van der Waals surface area contributed by atoms with Gasteiger partial charge in [0, 0.05) is 43.3 Å². The van der Waals surface area contributed by atoms with Gasteiger partial charge in [-0.25, -0.2) is 0 Å². The van der Waals surface area contributed by atoms with E-state index in [0.29, 0.717) is 12.1 Å². The minimum atomic E-state index is 0.610. The van der Waals surface area contributed by atoms with Crippen molar-refractivity contribution in [3.8, 4) is 0 Å². The molecule has 0 bridgehead atoms. The van der Waals surface area contributed by atoms with E-state index < -0.39 is 0 Å². The van der Waals surface area contributed by atoms with E-state index in [1.54, 1.807) is 0 Å². The van der Waals surface area contributed by atoms with Crippen LogP contribution in [0.4, 0.5) is 5.69 Å². The van der Waals surface area contributed by atoms with Crippen LogP contribution in [0.15, 0.2) is 18.5 Å². The lowest BCUT2D eigenvalue weighted by Crippen LogP contribution is -2.56. The van der Waals surface area contributed by atoms with Crippen molar-refractivity contribution in [2.45, 2.75) is 45.7 Å². The first-order valence-corrected chi connectivity index (χ1v) is 6.66. The van der Waals surface area contributed by atoms with Gasteiger partial charge in [0.25, 0.3) is 0 Å². The molecule has 3 heteroatoms. The standard InChI is InChI=1S/C14H23N3/c1-4-12-10-17(13(5-2)9-16-12)14-6-7-15-8-11(14)3/h6-8,12-13,16H,4-5,9-10H2,1-3H3. The number of aryl methyl sites for hydroxylation is 1. The van der Waals surface area contributed by atoms with Gasteiger partial charge in [-0.05, 0) is 31.4 Å². The number of hydrogen-bond donors (Lipinski definition) is 1. The molecule has 0 saturated carbocycles. The van der Waals surface area contributed by atoms with Gasteiger partial charge in [-0.1, -0.05) is 13.8 Å². The molecular weight excluding hydrogens is 210 g/mol. The quantitative estimate of drug-likeness (QED) is 0.868.